The third-order valence-corrected chi connectivity index (χ3v) is 7.01. The summed E-state index contributed by atoms with van der Waals surface area (Å²) in [6.07, 6.45) is 0.686. The van der Waals surface area contributed by atoms with E-state index in [0.717, 1.165) is 11.0 Å². The molecule has 1 heterocycles. The summed E-state index contributed by atoms with van der Waals surface area (Å²) in [6, 6.07) is 5.90. The molecule has 1 unspecified atom stereocenters. The van der Waals surface area contributed by atoms with E-state index in [1.54, 1.807) is 0 Å². The standard InChI is InChI=1S/C18H29BClNO3S/c1-12(11-16(2,3)25(21)22)14-9-8-13(10-15(14)20)19-23-17(4,5)18(6,7)24-19/h8-10,12H,11,21H2,1-7H3/t12-,25?/m1/s1. The third-order valence-electron chi connectivity index (χ3n) is 5.42. The van der Waals surface area contributed by atoms with Crippen LogP contribution in [0.2, 0.25) is 5.02 Å². The summed E-state index contributed by atoms with van der Waals surface area (Å²) >= 11 is 6.54. The van der Waals surface area contributed by atoms with E-state index in [0.29, 0.717) is 11.4 Å². The van der Waals surface area contributed by atoms with Gasteiger partial charge in [-0.1, -0.05) is 30.7 Å². The van der Waals surface area contributed by atoms with E-state index in [9.17, 15) is 4.21 Å². The fourth-order valence-corrected chi connectivity index (χ4v) is 3.79. The first-order valence-electron chi connectivity index (χ1n) is 8.58. The van der Waals surface area contributed by atoms with Crippen molar-refractivity contribution in [1.29, 1.82) is 0 Å². The van der Waals surface area contributed by atoms with E-state index in [1.807, 2.05) is 59.7 Å². The molecule has 0 aromatic heterocycles. The lowest BCUT2D eigenvalue weighted by atomic mass is 9.78. The van der Waals surface area contributed by atoms with Crippen LogP contribution in [0.1, 0.15) is 66.4 Å². The van der Waals surface area contributed by atoms with Gasteiger partial charge in [0.2, 0.25) is 0 Å². The number of halogens is 1. The fraction of sp³-hybridized carbons (Fsp3) is 0.667. The zero-order valence-corrected chi connectivity index (χ0v) is 17.8. The largest absolute Gasteiger partial charge is 0.494 e. The molecule has 1 aliphatic rings. The van der Waals surface area contributed by atoms with Crippen LogP contribution in [0.25, 0.3) is 0 Å². The number of benzene rings is 1. The monoisotopic (exact) mass is 385 g/mol. The fourth-order valence-electron chi connectivity index (χ4n) is 3.00. The smallest absolute Gasteiger partial charge is 0.399 e. The molecule has 25 heavy (non-hydrogen) atoms. The van der Waals surface area contributed by atoms with E-state index < -0.39 is 22.9 Å². The van der Waals surface area contributed by atoms with Crippen LogP contribution in [0.15, 0.2) is 18.2 Å². The first-order chi connectivity index (χ1) is 11.3. The van der Waals surface area contributed by atoms with Crippen LogP contribution in [-0.2, 0) is 20.3 Å². The molecule has 1 aliphatic heterocycles. The molecule has 0 amide bonds. The molecule has 1 aromatic rings. The van der Waals surface area contributed by atoms with Gasteiger partial charge < -0.3 is 9.31 Å². The van der Waals surface area contributed by atoms with Crippen LogP contribution < -0.4 is 10.6 Å². The lowest BCUT2D eigenvalue weighted by molar-refractivity contribution is 0.00578. The van der Waals surface area contributed by atoms with E-state index in [4.69, 9.17) is 26.0 Å². The van der Waals surface area contributed by atoms with Crippen molar-refractivity contribution in [2.45, 2.75) is 76.8 Å². The second-order valence-electron chi connectivity index (χ2n) is 8.53. The Morgan fingerprint density at radius 3 is 2.20 bits per heavy atom. The number of hydrogen-bond acceptors (Lipinski definition) is 3. The lowest BCUT2D eigenvalue weighted by Crippen LogP contribution is -2.41. The molecule has 140 valence electrons. The number of hydrogen-bond donors (Lipinski definition) is 1. The Morgan fingerprint density at radius 2 is 1.76 bits per heavy atom. The van der Waals surface area contributed by atoms with Gasteiger partial charge in [-0.2, -0.15) is 0 Å². The van der Waals surface area contributed by atoms with Crippen LogP contribution in [0, 0.1) is 0 Å². The normalized spacial score (nSPS) is 22.0. The van der Waals surface area contributed by atoms with E-state index in [-0.39, 0.29) is 17.1 Å². The molecule has 7 heteroatoms. The summed E-state index contributed by atoms with van der Waals surface area (Å²) in [6.45, 7) is 14.0. The van der Waals surface area contributed by atoms with E-state index in [1.165, 1.54) is 0 Å². The van der Waals surface area contributed by atoms with E-state index >= 15 is 0 Å². The SMILES string of the molecule is C[C@H](CC(C)(C)S(N)=O)c1ccc(B2OC(C)(C)C(C)(C)O2)cc1Cl. The highest BCUT2D eigenvalue weighted by Crippen LogP contribution is 2.37. The van der Waals surface area contributed by atoms with Crippen LogP contribution >= 0.6 is 11.6 Å². The molecule has 0 saturated carbocycles. The lowest BCUT2D eigenvalue weighted by Gasteiger charge is -2.32. The van der Waals surface area contributed by atoms with Crippen molar-refractivity contribution in [2.24, 2.45) is 5.14 Å². The first kappa shape index (κ1) is 20.9. The van der Waals surface area contributed by atoms with Gasteiger partial charge in [0.25, 0.3) is 0 Å². The average molecular weight is 386 g/mol. The Hall–Kier alpha value is -0.395. The van der Waals surface area contributed by atoms with Crippen LogP contribution in [0.3, 0.4) is 0 Å². The van der Waals surface area contributed by atoms with Gasteiger partial charge in [-0.15, -0.1) is 0 Å². The van der Waals surface area contributed by atoms with Crippen LogP contribution in [-0.4, -0.2) is 27.3 Å². The summed E-state index contributed by atoms with van der Waals surface area (Å²) < 4.78 is 23.4. The summed E-state index contributed by atoms with van der Waals surface area (Å²) in [5, 5.41) is 6.26. The highest BCUT2D eigenvalue weighted by atomic mass is 35.5. The second-order valence-corrected chi connectivity index (χ2v) is 10.6. The molecule has 1 aromatic carbocycles. The molecule has 0 aliphatic carbocycles. The van der Waals surface area contributed by atoms with Crippen molar-refractivity contribution in [1.82, 2.24) is 0 Å². The second kappa shape index (κ2) is 6.97. The van der Waals surface area contributed by atoms with Gasteiger partial charge in [-0.05, 0) is 71.0 Å². The highest BCUT2D eigenvalue weighted by Gasteiger charge is 2.51. The molecular weight excluding hydrogens is 357 g/mol. The Kier molecular flexibility index (Phi) is 5.83. The molecule has 1 fully saturated rings. The molecule has 0 radical (unpaired) electrons. The van der Waals surface area contributed by atoms with Crippen molar-refractivity contribution < 1.29 is 13.5 Å². The summed E-state index contributed by atoms with van der Waals surface area (Å²) in [7, 11) is -1.81. The predicted octanol–water partition coefficient (Wildman–Crippen LogP) is 3.53. The Bertz CT molecular complexity index is 662. The molecule has 2 N–H and O–H groups in total. The van der Waals surface area contributed by atoms with Crippen LogP contribution in [0.4, 0.5) is 0 Å². The Morgan fingerprint density at radius 1 is 1.24 bits per heavy atom. The molecule has 4 nitrogen and oxygen atoms in total. The van der Waals surface area contributed by atoms with E-state index in [2.05, 4.69) is 6.92 Å². The number of nitrogens with two attached hydrogens (primary N) is 1. The maximum atomic E-state index is 11.7. The van der Waals surface area contributed by atoms with Crippen molar-refractivity contribution in [3.8, 4) is 0 Å². The molecule has 0 bridgehead atoms. The zero-order chi connectivity index (χ0) is 19.2. The van der Waals surface area contributed by atoms with Crippen molar-refractivity contribution in [3.05, 3.63) is 28.8 Å². The van der Waals surface area contributed by atoms with Gasteiger partial charge in [-0.25, -0.2) is 4.21 Å². The van der Waals surface area contributed by atoms with Gasteiger partial charge in [0.15, 0.2) is 0 Å². The van der Waals surface area contributed by atoms with Gasteiger partial charge in [0, 0.05) is 5.02 Å². The van der Waals surface area contributed by atoms with Gasteiger partial charge >= 0.3 is 7.12 Å². The Labute approximate surface area is 159 Å². The van der Waals surface area contributed by atoms with Crippen molar-refractivity contribution in [3.63, 3.8) is 0 Å². The predicted molar refractivity (Wildman–Crippen MR) is 107 cm³/mol. The minimum atomic E-state index is -1.38. The van der Waals surface area contributed by atoms with Gasteiger partial charge in [-0.3, -0.25) is 5.14 Å². The highest BCUT2D eigenvalue weighted by molar-refractivity contribution is 7.84. The van der Waals surface area contributed by atoms with Crippen molar-refractivity contribution in [2.75, 3.05) is 0 Å². The maximum absolute atomic E-state index is 11.7. The molecular formula is C18H29BClNO3S. The van der Waals surface area contributed by atoms with Gasteiger partial charge in [0.05, 0.1) is 26.9 Å². The maximum Gasteiger partial charge on any atom is 0.494 e. The summed E-state index contributed by atoms with van der Waals surface area (Å²) in [5.74, 6) is 0.141. The molecule has 1 saturated heterocycles. The minimum absolute atomic E-state index is 0.141. The summed E-state index contributed by atoms with van der Waals surface area (Å²) in [4.78, 5) is 0. The zero-order valence-electron chi connectivity index (χ0n) is 16.2. The minimum Gasteiger partial charge on any atom is -0.399 e. The molecule has 2 rings (SSSR count). The molecule has 2 atom stereocenters. The average Bonchev–Trinajstić information content (AvgIpc) is 2.66. The van der Waals surface area contributed by atoms with Crippen molar-refractivity contribution >= 4 is 35.2 Å². The summed E-state index contributed by atoms with van der Waals surface area (Å²) in [5.41, 5.74) is 1.15. The first-order valence-corrected chi connectivity index (χ1v) is 10.2. The topological polar surface area (TPSA) is 61.6 Å². The molecule has 0 spiro atoms. The quantitative estimate of drug-likeness (QED) is 0.789. The number of rotatable bonds is 5. The third kappa shape index (κ3) is 4.30. The van der Waals surface area contributed by atoms with Gasteiger partial charge in [0.1, 0.15) is 0 Å². The van der Waals surface area contributed by atoms with Crippen LogP contribution in [0.5, 0.6) is 0 Å². The Balaban J connectivity index is 2.21.